The Morgan fingerprint density at radius 3 is 2.56 bits per heavy atom. The molecule has 198 valence electrons. The largest absolute Gasteiger partial charge is 0.453 e. The van der Waals surface area contributed by atoms with Gasteiger partial charge in [-0.3, -0.25) is 4.79 Å². The van der Waals surface area contributed by atoms with Crippen molar-refractivity contribution < 1.29 is 31.5 Å². The summed E-state index contributed by atoms with van der Waals surface area (Å²) in [5, 5.41) is 5.70. The van der Waals surface area contributed by atoms with Crippen LogP contribution in [0.15, 0.2) is 55.0 Å². The number of aromatic nitrogens is 4. The molecule has 0 bridgehead atoms. The molecule has 0 radical (unpaired) electrons. The minimum atomic E-state index is -5.09. The van der Waals surface area contributed by atoms with Crippen LogP contribution in [-0.4, -0.2) is 25.7 Å². The van der Waals surface area contributed by atoms with E-state index in [1.165, 1.54) is 30.5 Å². The molecule has 3 heterocycles. The Balaban J connectivity index is 1.39. The Morgan fingerprint density at radius 1 is 1.08 bits per heavy atom. The predicted molar refractivity (Wildman–Crippen MR) is 129 cm³/mol. The van der Waals surface area contributed by atoms with Crippen LogP contribution in [-0.2, 0) is 6.18 Å². The van der Waals surface area contributed by atoms with Crippen molar-refractivity contribution >= 4 is 17.4 Å². The highest BCUT2D eigenvalue weighted by molar-refractivity contribution is 6.05. The number of nitrogens with zero attached hydrogens (tertiary/aromatic N) is 4. The number of nitrogen functional groups attached to an aromatic ring is 1. The summed E-state index contributed by atoms with van der Waals surface area (Å²) in [4.78, 5) is 20.3. The Hall–Kier alpha value is -4.99. The maximum absolute atomic E-state index is 14.9. The fraction of sp³-hybridized carbons (Fsp3) is 0.154. The van der Waals surface area contributed by atoms with Crippen molar-refractivity contribution in [3.63, 3.8) is 0 Å². The summed E-state index contributed by atoms with van der Waals surface area (Å²) in [5.41, 5.74) is 3.56. The van der Waals surface area contributed by atoms with Gasteiger partial charge in [0.15, 0.2) is 28.9 Å². The maximum Gasteiger partial charge on any atom is 0.434 e. The molecule has 0 unspecified atom stereocenters. The van der Waals surface area contributed by atoms with E-state index in [9.17, 15) is 26.7 Å². The van der Waals surface area contributed by atoms with E-state index in [4.69, 9.17) is 10.5 Å². The predicted octanol–water partition coefficient (Wildman–Crippen LogP) is 5.35. The highest BCUT2D eigenvalue weighted by atomic mass is 19.4. The van der Waals surface area contributed by atoms with Gasteiger partial charge >= 0.3 is 6.18 Å². The molecule has 1 aromatic carbocycles. The van der Waals surface area contributed by atoms with Crippen LogP contribution in [0.1, 0.15) is 34.5 Å². The van der Waals surface area contributed by atoms with Crippen LogP contribution >= 0.6 is 0 Å². The van der Waals surface area contributed by atoms with Gasteiger partial charge in [-0.2, -0.15) is 18.3 Å². The average Bonchev–Trinajstić information content (AvgIpc) is 3.59. The Morgan fingerprint density at radius 2 is 1.87 bits per heavy atom. The number of alkyl halides is 3. The summed E-state index contributed by atoms with van der Waals surface area (Å²) in [6.07, 6.45) is -0.0579. The molecule has 0 atom stereocenters. The van der Waals surface area contributed by atoms with Crippen LogP contribution in [0.2, 0.25) is 0 Å². The molecule has 1 fully saturated rings. The van der Waals surface area contributed by atoms with Crippen LogP contribution < -0.4 is 15.8 Å². The molecule has 4 aromatic rings. The van der Waals surface area contributed by atoms with Crippen LogP contribution in [0.3, 0.4) is 0 Å². The molecular formula is C26H17F5N6O2. The van der Waals surface area contributed by atoms with E-state index in [0.717, 1.165) is 31.2 Å². The number of benzene rings is 1. The number of carbonyl (C=O) groups is 1. The third-order valence-electron chi connectivity index (χ3n) is 5.55. The van der Waals surface area contributed by atoms with Gasteiger partial charge in [0.25, 0.3) is 5.91 Å². The molecule has 3 aromatic heterocycles. The Kier molecular flexibility index (Phi) is 6.61. The summed E-state index contributed by atoms with van der Waals surface area (Å²) in [7, 11) is 0. The van der Waals surface area contributed by atoms with Crippen molar-refractivity contribution in [1.82, 2.24) is 19.7 Å². The number of pyridine rings is 2. The first-order valence-electron chi connectivity index (χ1n) is 11.4. The Bertz CT molecular complexity index is 1640. The first-order chi connectivity index (χ1) is 18.6. The molecule has 39 heavy (non-hydrogen) atoms. The third-order valence-corrected chi connectivity index (χ3v) is 5.55. The molecule has 3 N–H and O–H groups in total. The van der Waals surface area contributed by atoms with Gasteiger partial charge in [-0.15, -0.1) is 0 Å². The zero-order valence-corrected chi connectivity index (χ0v) is 19.8. The van der Waals surface area contributed by atoms with E-state index in [1.54, 1.807) is 0 Å². The number of ether oxygens (including phenoxy) is 1. The topological polar surface area (TPSA) is 108 Å². The third kappa shape index (κ3) is 5.49. The SMILES string of the molecule is Nc1nccc(Oc2ccc(NC(=O)c3cnn(-c4ncccc4F)c3C(F)(F)F)cc2F)c1C#CC1CC1. The second kappa shape index (κ2) is 10.1. The molecular weight excluding hydrogens is 523 g/mol. The van der Waals surface area contributed by atoms with Gasteiger partial charge in [0.1, 0.15) is 17.1 Å². The smallest absolute Gasteiger partial charge is 0.434 e. The number of anilines is 2. The van der Waals surface area contributed by atoms with E-state index in [1.807, 2.05) is 0 Å². The lowest BCUT2D eigenvalue weighted by Crippen LogP contribution is -2.21. The van der Waals surface area contributed by atoms with Crippen molar-refractivity contribution in [3.8, 4) is 29.2 Å². The number of hydrogen-bond donors (Lipinski definition) is 2. The van der Waals surface area contributed by atoms with Gasteiger partial charge in [0, 0.05) is 36.1 Å². The highest BCUT2D eigenvalue weighted by Gasteiger charge is 2.41. The monoisotopic (exact) mass is 540 g/mol. The fourth-order valence-electron chi connectivity index (χ4n) is 3.53. The van der Waals surface area contributed by atoms with Crippen molar-refractivity contribution in [2.45, 2.75) is 19.0 Å². The van der Waals surface area contributed by atoms with Gasteiger partial charge in [-0.1, -0.05) is 11.8 Å². The van der Waals surface area contributed by atoms with Crippen molar-refractivity contribution in [2.24, 2.45) is 5.92 Å². The molecule has 0 saturated heterocycles. The molecule has 5 rings (SSSR count). The number of rotatable bonds is 5. The standard InChI is InChI=1S/C26H17F5N6O2/c27-18-2-1-10-34-24(18)37-22(26(29,30)31)17(13-35-37)25(38)36-15-6-8-21(19(28)12-15)39-20-9-11-33-23(32)16(20)7-5-14-3-4-14/h1-2,6,8-14H,3-4H2,(H2,32,33)(H,36,38). The zero-order chi connectivity index (χ0) is 27.7. The average molecular weight is 540 g/mol. The molecule has 1 aliphatic rings. The number of hydrogen-bond acceptors (Lipinski definition) is 6. The van der Waals surface area contributed by atoms with Gasteiger partial charge in [-0.05, 0) is 37.1 Å². The molecule has 0 spiro atoms. The van der Waals surface area contributed by atoms with Crippen molar-refractivity contribution in [3.05, 3.63) is 83.4 Å². The van der Waals surface area contributed by atoms with Gasteiger partial charge < -0.3 is 15.8 Å². The van der Waals surface area contributed by atoms with Gasteiger partial charge in [0.2, 0.25) is 0 Å². The number of carbonyl (C=O) groups excluding carboxylic acids is 1. The highest BCUT2D eigenvalue weighted by Crippen LogP contribution is 2.35. The molecule has 1 amide bonds. The fourth-order valence-corrected chi connectivity index (χ4v) is 3.53. The summed E-state index contributed by atoms with van der Waals surface area (Å²) in [5.74, 6) is 2.23. The lowest BCUT2D eigenvalue weighted by Gasteiger charge is -2.13. The number of nitrogens with one attached hydrogen (secondary N) is 1. The van der Waals surface area contributed by atoms with E-state index in [-0.39, 0.29) is 33.6 Å². The Labute approximate surface area is 217 Å². The van der Waals surface area contributed by atoms with Crippen LogP contribution in [0.4, 0.5) is 33.5 Å². The molecule has 13 heteroatoms. The van der Waals surface area contributed by atoms with Crippen molar-refractivity contribution in [2.75, 3.05) is 11.1 Å². The van der Waals surface area contributed by atoms with Crippen LogP contribution in [0, 0.1) is 29.4 Å². The molecule has 1 aliphatic carbocycles. The van der Waals surface area contributed by atoms with Crippen molar-refractivity contribution in [1.29, 1.82) is 0 Å². The van der Waals surface area contributed by atoms with Crippen LogP contribution in [0.5, 0.6) is 11.5 Å². The lowest BCUT2D eigenvalue weighted by atomic mass is 10.2. The van der Waals surface area contributed by atoms with Crippen LogP contribution in [0.25, 0.3) is 5.82 Å². The maximum atomic E-state index is 14.9. The lowest BCUT2D eigenvalue weighted by molar-refractivity contribution is -0.143. The zero-order valence-electron chi connectivity index (χ0n) is 19.8. The van der Waals surface area contributed by atoms with Gasteiger partial charge in [-0.25, -0.2) is 23.4 Å². The van der Waals surface area contributed by atoms with E-state index >= 15 is 0 Å². The van der Waals surface area contributed by atoms with E-state index < -0.39 is 40.8 Å². The van der Waals surface area contributed by atoms with E-state index in [2.05, 4.69) is 32.2 Å². The first-order valence-corrected chi connectivity index (χ1v) is 11.4. The second-order valence-corrected chi connectivity index (χ2v) is 8.44. The number of halogens is 5. The number of nitrogens with two attached hydrogens (primary N) is 1. The first kappa shape index (κ1) is 25.7. The quantitative estimate of drug-likeness (QED) is 0.261. The molecule has 8 nitrogen and oxygen atoms in total. The molecule has 0 aliphatic heterocycles. The minimum absolute atomic E-state index is 0.108. The summed E-state index contributed by atoms with van der Waals surface area (Å²) in [6, 6.07) is 6.83. The number of amides is 1. The van der Waals surface area contributed by atoms with E-state index in [0.29, 0.717) is 11.8 Å². The summed E-state index contributed by atoms with van der Waals surface area (Å²) < 4.78 is 76.4. The second-order valence-electron chi connectivity index (χ2n) is 8.44. The molecule has 1 saturated carbocycles. The summed E-state index contributed by atoms with van der Waals surface area (Å²) in [6.45, 7) is 0. The normalized spacial score (nSPS) is 12.9. The van der Waals surface area contributed by atoms with Gasteiger partial charge in [0.05, 0.1) is 11.8 Å². The summed E-state index contributed by atoms with van der Waals surface area (Å²) >= 11 is 0. The minimum Gasteiger partial charge on any atom is -0.453 e.